The van der Waals surface area contributed by atoms with E-state index in [0.29, 0.717) is 0 Å². The van der Waals surface area contributed by atoms with E-state index < -0.39 is 17.9 Å². The summed E-state index contributed by atoms with van der Waals surface area (Å²) in [5.41, 5.74) is 1.47. The van der Waals surface area contributed by atoms with Gasteiger partial charge in [0.2, 0.25) is 0 Å². The molecule has 2 unspecified atom stereocenters. The van der Waals surface area contributed by atoms with Gasteiger partial charge in [-0.2, -0.15) is 0 Å². The molecule has 2 N–H and O–H groups in total. The van der Waals surface area contributed by atoms with Crippen LogP contribution in [-0.2, 0) is 0 Å². The first-order valence-electron chi connectivity index (χ1n) is 3.55. The molecule has 0 aromatic carbocycles. The second-order valence-electron chi connectivity index (χ2n) is 2.62. The lowest BCUT2D eigenvalue weighted by Gasteiger charge is -2.12. The summed E-state index contributed by atoms with van der Waals surface area (Å²) in [6.45, 7) is 4.72. The van der Waals surface area contributed by atoms with Crippen LogP contribution in [0.5, 0.6) is 0 Å². The van der Waals surface area contributed by atoms with E-state index >= 15 is 0 Å². The largest absolute Gasteiger partial charge is 0.343 e. The van der Waals surface area contributed by atoms with Gasteiger partial charge >= 0.3 is 0 Å². The molecule has 2 atom stereocenters. The van der Waals surface area contributed by atoms with Gasteiger partial charge < -0.3 is 9.96 Å². The smallest absolute Gasteiger partial charge is 0.103 e. The van der Waals surface area contributed by atoms with Gasteiger partial charge in [0.15, 0.2) is 0 Å². The lowest BCUT2D eigenvalue weighted by molar-refractivity contribution is 1.16. The molecule has 0 saturated heterocycles. The third-order valence-corrected chi connectivity index (χ3v) is 9.32. The molecule has 0 aliphatic carbocycles. The van der Waals surface area contributed by atoms with Crippen LogP contribution in [0.3, 0.4) is 0 Å². The predicted octanol–water partition coefficient (Wildman–Crippen LogP) is -0.328. The highest BCUT2D eigenvalue weighted by Gasteiger charge is 2.06. The van der Waals surface area contributed by atoms with Crippen molar-refractivity contribution >= 4 is 17.9 Å². The fraction of sp³-hybridized carbons (Fsp3) is 1.00. The topological polar surface area (TPSA) is 24.1 Å². The van der Waals surface area contributed by atoms with E-state index in [2.05, 4.69) is 37.2 Å². The van der Waals surface area contributed by atoms with Crippen molar-refractivity contribution in [3.63, 3.8) is 0 Å². The fourth-order valence-corrected chi connectivity index (χ4v) is 6.89. The molecule has 0 radical (unpaired) electrons. The van der Waals surface area contributed by atoms with Crippen LogP contribution in [-0.4, -0.2) is 32.0 Å². The Kier molecular flexibility index (Phi) is 5.37. The van der Waals surface area contributed by atoms with Crippen LogP contribution in [0.25, 0.3) is 0 Å². The van der Waals surface area contributed by atoms with Gasteiger partial charge in [-0.15, -0.1) is 0 Å². The molecule has 0 saturated carbocycles. The van der Waals surface area contributed by atoms with Crippen molar-refractivity contribution in [3.05, 3.63) is 0 Å². The summed E-state index contributed by atoms with van der Waals surface area (Å²) in [4.78, 5) is 6.73. The molecule has 0 fully saturated rings. The second-order valence-corrected chi connectivity index (χ2v) is 9.26. The van der Waals surface area contributed by atoms with Crippen LogP contribution in [0.15, 0.2) is 0 Å². The van der Waals surface area contributed by atoms with E-state index in [-0.39, 0.29) is 0 Å². The van der Waals surface area contributed by atoms with E-state index in [0.717, 1.165) is 0 Å². The molecule has 0 amide bonds. The Hall–Kier alpha value is 0.354. The van der Waals surface area contributed by atoms with E-state index in [1.54, 1.807) is 0 Å². The van der Waals surface area contributed by atoms with E-state index in [4.69, 9.17) is 0 Å². The van der Waals surface area contributed by atoms with Crippen molar-refractivity contribution in [2.24, 2.45) is 0 Å². The molecule has 0 aliphatic rings. The van der Waals surface area contributed by atoms with E-state index in [9.17, 15) is 0 Å². The molecule has 0 spiro atoms. The summed E-state index contributed by atoms with van der Waals surface area (Å²) >= 11 is 0. The van der Waals surface area contributed by atoms with Gasteiger partial charge in [-0.05, 0) is 19.8 Å². The zero-order valence-electron chi connectivity index (χ0n) is 6.86. The maximum absolute atomic E-state index is 3.36. The molecule has 0 aromatic heterocycles. The first kappa shape index (κ1) is 9.35. The first-order valence-corrected chi connectivity index (χ1v) is 8.65. The summed E-state index contributed by atoms with van der Waals surface area (Å²) in [5, 5.41) is 0. The average Bonchev–Trinajstić information content (AvgIpc) is 1.87. The fourth-order valence-electron chi connectivity index (χ4n) is 0.766. The Morgan fingerprint density at radius 2 is 1.33 bits per heavy atom. The quantitative estimate of drug-likeness (QED) is 0.553. The van der Waals surface area contributed by atoms with Crippen LogP contribution in [0.4, 0.5) is 0 Å². The normalized spacial score (nSPS) is 17.3. The summed E-state index contributed by atoms with van der Waals surface area (Å²) in [5.74, 6) is 0. The van der Waals surface area contributed by atoms with Crippen molar-refractivity contribution in [1.82, 2.24) is 9.96 Å². The molecular formula is C5H18N2Si2. The molecule has 0 aliphatic heterocycles. The van der Waals surface area contributed by atoms with Gasteiger partial charge in [0.25, 0.3) is 0 Å². The highest BCUT2D eigenvalue weighted by atomic mass is 28.3. The third-order valence-electron chi connectivity index (χ3n) is 1.69. The SMILES string of the molecule is CN[SiH](C)C[SiH](C)NC. The summed E-state index contributed by atoms with van der Waals surface area (Å²) in [6.07, 6.45) is 0. The van der Waals surface area contributed by atoms with Crippen LogP contribution >= 0.6 is 0 Å². The summed E-state index contributed by atoms with van der Waals surface area (Å²) < 4.78 is 0. The second kappa shape index (κ2) is 5.16. The molecule has 0 heterocycles. The summed E-state index contributed by atoms with van der Waals surface area (Å²) in [7, 11) is 3.14. The van der Waals surface area contributed by atoms with E-state index in [1.165, 1.54) is 5.67 Å². The van der Waals surface area contributed by atoms with Crippen molar-refractivity contribution in [2.45, 2.75) is 18.8 Å². The number of hydrogen-bond acceptors (Lipinski definition) is 2. The van der Waals surface area contributed by atoms with Gasteiger partial charge in [-0.1, -0.05) is 13.1 Å². The maximum atomic E-state index is 3.36. The van der Waals surface area contributed by atoms with Crippen molar-refractivity contribution < 1.29 is 0 Å². The standard InChI is InChI=1S/C5H18N2Si2/c1-6-8(3)5-9(4)7-2/h6-9H,5H2,1-4H3. The molecule has 2 nitrogen and oxygen atoms in total. The zero-order valence-corrected chi connectivity index (χ0v) is 9.17. The number of hydrogen-bond donors (Lipinski definition) is 2. The van der Waals surface area contributed by atoms with Crippen LogP contribution in [0.1, 0.15) is 0 Å². The molecule has 0 rings (SSSR count). The molecule has 56 valence electrons. The van der Waals surface area contributed by atoms with Gasteiger partial charge in [-0.25, -0.2) is 0 Å². The van der Waals surface area contributed by atoms with Crippen molar-refractivity contribution in [2.75, 3.05) is 14.1 Å². The first-order chi connectivity index (χ1) is 4.20. The molecule has 0 aromatic rings. The summed E-state index contributed by atoms with van der Waals surface area (Å²) in [6, 6.07) is 0. The molecule has 4 heteroatoms. The molecule has 0 bridgehead atoms. The van der Waals surface area contributed by atoms with Crippen LogP contribution < -0.4 is 9.96 Å². The Morgan fingerprint density at radius 1 is 1.00 bits per heavy atom. The lowest BCUT2D eigenvalue weighted by atomic mass is 11.6. The minimum atomic E-state index is -0.508. The maximum Gasteiger partial charge on any atom is 0.103 e. The predicted molar refractivity (Wildman–Crippen MR) is 49.0 cm³/mol. The molecular weight excluding hydrogens is 144 g/mol. The Bertz CT molecular complexity index is 62.0. The van der Waals surface area contributed by atoms with Gasteiger partial charge in [-0.3, -0.25) is 0 Å². The third kappa shape index (κ3) is 4.83. The monoisotopic (exact) mass is 162 g/mol. The number of rotatable bonds is 4. The van der Waals surface area contributed by atoms with Crippen LogP contribution in [0.2, 0.25) is 18.8 Å². The molecule has 9 heavy (non-hydrogen) atoms. The minimum Gasteiger partial charge on any atom is -0.343 e. The van der Waals surface area contributed by atoms with Gasteiger partial charge in [0.05, 0.1) is 0 Å². The van der Waals surface area contributed by atoms with Crippen LogP contribution in [0, 0.1) is 0 Å². The Balaban J connectivity index is 3.22. The van der Waals surface area contributed by atoms with Gasteiger partial charge in [0.1, 0.15) is 17.9 Å². The number of nitrogens with one attached hydrogen (secondary N) is 2. The highest BCUT2D eigenvalue weighted by Crippen LogP contribution is 1.89. The highest BCUT2D eigenvalue weighted by molar-refractivity contribution is 6.73. The zero-order chi connectivity index (χ0) is 7.28. The van der Waals surface area contributed by atoms with Crippen molar-refractivity contribution in [1.29, 1.82) is 0 Å². The van der Waals surface area contributed by atoms with E-state index in [1.807, 2.05) is 0 Å². The Labute approximate surface area is 61.4 Å². The minimum absolute atomic E-state index is 0.508. The van der Waals surface area contributed by atoms with Crippen molar-refractivity contribution in [3.8, 4) is 0 Å². The average molecular weight is 162 g/mol. The Morgan fingerprint density at radius 3 is 1.56 bits per heavy atom. The lowest BCUT2D eigenvalue weighted by Crippen LogP contribution is -2.37. The van der Waals surface area contributed by atoms with Gasteiger partial charge in [0, 0.05) is 0 Å².